The standard InChI is InChI=1S/C16H30O2.C10H18O2/c1-4-5-6-7-8-9-10-11-12-13-14-18-16(17)15(2)3;1-5-9(6-2)7-12-10(11)8(3)4/h2,4-14H2,1,3H3;9H,3,5-7H2,1-2,4H3. The summed E-state index contributed by atoms with van der Waals surface area (Å²) in [6.07, 6.45) is 15.1. The Morgan fingerprint density at radius 3 is 1.47 bits per heavy atom. The van der Waals surface area contributed by atoms with Crippen LogP contribution in [0.3, 0.4) is 0 Å². The smallest absolute Gasteiger partial charge is 0.333 e. The molecule has 4 nitrogen and oxygen atoms in total. The van der Waals surface area contributed by atoms with Gasteiger partial charge in [0, 0.05) is 11.1 Å². The number of rotatable bonds is 17. The van der Waals surface area contributed by atoms with Crippen molar-refractivity contribution in [2.75, 3.05) is 13.2 Å². The fraction of sp³-hybridized carbons (Fsp3) is 0.769. The van der Waals surface area contributed by atoms with Crippen LogP contribution in [0.25, 0.3) is 0 Å². The summed E-state index contributed by atoms with van der Waals surface area (Å²) in [5, 5.41) is 0. The van der Waals surface area contributed by atoms with Crippen molar-refractivity contribution in [2.24, 2.45) is 5.92 Å². The average molecular weight is 425 g/mol. The van der Waals surface area contributed by atoms with Crippen LogP contribution in [0.1, 0.15) is 112 Å². The van der Waals surface area contributed by atoms with E-state index >= 15 is 0 Å². The van der Waals surface area contributed by atoms with Gasteiger partial charge in [-0.05, 0) is 26.2 Å². The Hall–Kier alpha value is -1.58. The zero-order chi connectivity index (χ0) is 23.2. The Morgan fingerprint density at radius 2 is 1.07 bits per heavy atom. The van der Waals surface area contributed by atoms with Crippen LogP contribution in [-0.2, 0) is 19.1 Å². The van der Waals surface area contributed by atoms with Gasteiger partial charge in [-0.2, -0.15) is 0 Å². The van der Waals surface area contributed by atoms with E-state index in [1.54, 1.807) is 13.8 Å². The zero-order valence-corrected chi connectivity index (χ0v) is 20.5. The minimum atomic E-state index is -0.276. The molecule has 0 unspecified atom stereocenters. The van der Waals surface area contributed by atoms with Gasteiger partial charge in [0.05, 0.1) is 13.2 Å². The summed E-state index contributed by atoms with van der Waals surface area (Å²) in [6.45, 7) is 17.9. The second kappa shape index (κ2) is 22.1. The first-order chi connectivity index (χ1) is 14.3. The maximum Gasteiger partial charge on any atom is 0.333 e. The number of carbonyl (C=O) groups excluding carboxylic acids is 2. The van der Waals surface area contributed by atoms with Gasteiger partial charge < -0.3 is 9.47 Å². The van der Waals surface area contributed by atoms with E-state index in [9.17, 15) is 9.59 Å². The SMILES string of the molecule is C=C(C)C(=O)OCC(CC)CC.C=C(C)C(=O)OCCCCCCCCCCCC. The number of ether oxygens (including phenoxy) is 2. The topological polar surface area (TPSA) is 52.6 Å². The lowest BCUT2D eigenvalue weighted by molar-refractivity contribution is -0.140. The fourth-order valence-electron chi connectivity index (χ4n) is 2.72. The molecule has 0 rings (SSSR count). The first-order valence-corrected chi connectivity index (χ1v) is 11.9. The van der Waals surface area contributed by atoms with Crippen molar-refractivity contribution in [3.05, 3.63) is 24.3 Å². The fourth-order valence-corrected chi connectivity index (χ4v) is 2.72. The molecule has 0 amide bonds. The lowest BCUT2D eigenvalue weighted by Crippen LogP contribution is -2.13. The van der Waals surface area contributed by atoms with Crippen molar-refractivity contribution < 1.29 is 19.1 Å². The maximum atomic E-state index is 11.1. The predicted octanol–water partition coefficient (Wildman–Crippen LogP) is 7.57. The van der Waals surface area contributed by atoms with Gasteiger partial charge in [0.1, 0.15) is 0 Å². The summed E-state index contributed by atoms with van der Waals surface area (Å²) in [4.78, 5) is 22.0. The zero-order valence-electron chi connectivity index (χ0n) is 20.5. The Balaban J connectivity index is 0. The molecule has 0 bridgehead atoms. The third kappa shape index (κ3) is 21.1. The highest BCUT2D eigenvalue weighted by Gasteiger charge is 2.08. The molecule has 0 aliphatic carbocycles. The quantitative estimate of drug-likeness (QED) is 0.137. The summed E-state index contributed by atoms with van der Waals surface area (Å²) in [5.41, 5.74) is 0.961. The summed E-state index contributed by atoms with van der Waals surface area (Å²) < 4.78 is 10.0. The molecule has 4 heteroatoms. The molecule has 0 aromatic carbocycles. The molecule has 0 N–H and O–H groups in total. The van der Waals surface area contributed by atoms with Crippen LogP contribution >= 0.6 is 0 Å². The van der Waals surface area contributed by atoms with Crippen LogP contribution in [0, 0.1) is 5.92 Å². The second-order valence-electron chi connectivity index (χ2n) is 8.16. The van der Waals surface area contributed by atoms with Crippen LogP contribution < -0.4 is 0 Å². The van der Waals surface area contributed by atoms with Gasteiger partial charge in [0.2, 0.25) is 0 Å². The van der Waals surface area contributed by atoms with Gasteiger partial charge in [-0.3, -0.25) is 0 Å². The van der Waals surface area contributed by atoms with Crippen molar-refractivity contribution in [3.63, 3.8) is 0 Å². The minimum absolute atomic E-state index is 0.258. The van der Waals surface area contributed by atoms with E-state index in [1.165, 1.54) is 57.8 Å². The summed E-state index contributed by atoms with van der Waals surface area (Å²) >= 11 is 0. The van der Waals surface area contributed by atoms with E-state index < -0.39 is 0 Å². The van der Waals surface area contributed by atoms with Crippen molar-refractivity contribution in [2.45, 2.75) is 112 Å². The molecular weight excluding hydrogens is 376 g/mol. The van der Waals surface area contributed by atoms with Crippen molar-refractivity contribution >= 4 is 11.9 Å². The highest BCUT2D eigenvalue weighted by Crippen LogP contribution is 2.11. The molecule has 0 aliphatic heterocycles. The monoisotopic (exact) mass is 424 g/mol. The van der Waals surface area contributed by atoms with Crippen molar-refractivity contribution in [3.8, 4) is 0 Å². The number of esters is 2. The first kappa shape index (κ1) is 30.6. The van der Waals surface area contributed by atoms with Crippen LogP contribution in [0.5, 0.6) is 0 Å². The van der Waals surface area contributed by atoms with Gasteiger partial charge >= 0.3 is 11.9 Å². The van der Waals surface area contributed by atoms with Gasteiger partial charge in [-0.15, -0.1) is 0 Å². The molecule has 0 heterocycles. The van der Waals surface area contributed by atoms with Crippen molar-refractivity contribution in [1.82, 2.24) is 0 Å². The highest BCUT2D eigenvalue weighted by atomic mass is 16.5. The van der Waals surface area contributed by atoms with Crippen LogP contribution in [-0.4, -0.2) is 25.2 Å². The van der Waals surface area contributed by atoms with Crippen LogP contribution in [0.2, 0.25) is 0 Å². The Bertz CT molecular complexity index is 464. The van der Waals surface area contributed by atoms with Gasteiger partial charge in [0.15, 0.2) is 0 Å². The number of unbranched alkanes of at least 4 members (excludes halogenated alkanes) is 9. The highest BCUT2D eigenvalue weighted by molar-refractivity contribution is 5.87. The molecule has 0 spiro atoms. The predicted molar refractivity (Wildman–Crippen MR) is 127 cm³/mol. The number of hydrogen-bond acceptors (Lipinski definition) is 4. The molecule has 0 aromatic heterocycles. The molecule has 0 atom stereocenters. The summed E-state index contributed by atoms with van der Waals surface area (Å²) in [5.74, 6) is -0.0406. The molecule has 30 heavy (non-hydrogen) atoms. The van der Waals surface area contributed by atoms with E-state index in [0.29, 0.717) is 30.3 Å². The third-order valence-corrected chi connectivity index (χ3v) is 5.03. The van der Waals surface area contributed by atoms with Crippen LogP contribution in [0.15, 0.2) is 24.3 Å². The van der Waals surface area contributed by atoms with Gasteiger partial charge in [-0.25, -0.2) is 9.59 Å². The molecule has 0 radical (unpaired) electrons. The maximum absolute atomic E-state index is 11.1. The first-order valence-electron chi connectivity index (χ1n) is 11.9. The van der Waals surface area contributed by atoms with Gasteiger partial charge in [0.25, 0.3) is 0 Å². The molecule has 0 saturated carbocycles. The van der Waals surface area contributed by atoms with Crippen LogP contribution in [0.4, 0.5) is 0 Å². The Labute approximate surface area is 186 Å². The molecule has 0 fully saturated rings. The molecular formula is C26H48O4. The van der Waals surface area contributed by atoms with E-state index in [-0.39, 0.29) is 11.9 Å². The lowest BCUT2D eigenvalue weighted by atomic mass is 10.1. The Kier molecular flexibility index (Phi) is 22.6. The molecule has 176 valence electrons. The Morgan fingerprint density at radius 1 is 0.667 bits per heavy atom. The molecule has 0 aromatic rings. The second-order valence-corrected chi connectivity index (χ2v) is 8.16. The normalized spacial score (nSPS) is 10.2. The average Bonchev–Trinajstić information content (AvgIpc) is 2.72. The summed E-state index contributed by atoms with van der Waals surface area (Å²) in [7, 11) is 0. The lowest BCUT2D eigenvalue weighted by Gasteiger charge is -2.12. The van der Waals surface area contributed by atoms with E-state index in [4.69, 9.17) is 9.47 Å². The van der Waals surface area contributed by atoms with E-state index in [2.05, 4.69) is 33.9 Å². The number of hydrogen-bond donors (Lipinski definition) is 0. The molecule has 0 saturated heterocycles. The van der Waals surface area contributed by atoms with E-state index in [0.717, 1.165) is 19.3 Å². The number of carbonyl (C=O) groups is 2. The van der Waals surface area contributed by atoms with Crippen molar-refractivity contribution in [1.29, 1.82) is 0 Å². The largest absolute Gasteiger partial charge is 0.462 e. The van der Waals surface area contributed by atoms with E-state index in [1.807, 2.05) is 0 Å². The summed E-state index contributed by atoms with van der Waals surface area (Å²) in [6, 6.07) is 0. The molecule has 0 aliphatic rings. The van der Waals surface area contributed by atoms with Gasteiger partial charge in [-0.1, -0.05) is 105 Å². The third-order valence-electron chi connectivity index (χ3n) is 5.03. The minimum Gasteiger partial charge on any atom is -0.462 e.